The summed E-state index contributed by atoms with van der Waals surface area (Å²) in [4.78, 5) is 28.2. The van der Waals surface area contributed by atoms with Crippen molar-refractivity contribution in [1.29, 1.82) is 0 Å². The molecule has 0 unspecified atom stereocenters. The Morgan fingerprint density at radius 3 is 2.29 bits per heavy atom. The van der Waals surface area contributed by atoms with Gasteiger partial charge in [-0.05, 0) is 73.6 Å². The second kappa shape index (κ2) is 8.30. The summed E-state index contributed by atoms with van der Waals surface area (Å²) in [5.74, 6) is -0.165. The van der Waals surface area contributed by atoms with E-state index in [0.717, 1.165) is 24.0 Å². The molecule has 2 heterocycles. The van der Waals surface area contributed by atoms with Crippen LogP contribution in [0.4, 0.5) is 14.9 Å². The molecule has 7 heteroatoms. The molecule has 0 spiro atoms. The molecule has 1 fully saturated rings. The van der Waals surface area contributed by atoms with E-state index >= 15 is 0 Å². The van der Waals surface area contributed by atoms with Crippen LogP contribution in [0.1, 0.15) is 49.3 Å². The molecule has 0 aromatic heterocycles. The van der Waals surface area contributed by atoms with Crippen LogP contribution in [0.25, 0.3) is 0 Å². The van der Waals surface area contributed by atoms with Gasteiger partial charge in [-0.3, -0.25) is 4.79 Å². The minimum Gasteiger partial charge on any atom is -0.381 e. The second-order valence-corrected chi connectivity index (χ2v) is 8.95. The van der Waals surface area contributed by atoms with Crippen molar-refractivity contribution >= 4 is 17.6 Å². The standard InChI is InChI=1S/C24H28FN3O3/c1-24(2,31)22(29)27-11-9-17(10-12-27)16-4-7-21(8-5-16)26-23(30)28-14-18-3-6-20(25)13-19(18)15-28/h3-8,13,17,31H,9-12,14-15H2,1-2H3,(H,26,30). The number of carbonyl (C=O) groups is 2. The number of halogens is 1. The van der Waals surface area contributed by atoms with E-state index in [9.17, 15) is 19.1 Å². The summed E-state index contributed by atoms with van der Waals surface area (Å²) in [6.07, 6.45) is 1.69. The summed E-state index contributed by atoms with van der Waals surface area (Å²) in [6.45, 7) is 5.17. The summed E-state index contributed by atoms with van der Waals surface area (Å²) >= 11 is 0. The maximum atomic E-state index is 13.4. The summed E-state index contributed by atoms with van der Waals surface area (Å²) < 4.78 is 13.4. The number of urea groups is 1. The van der Waals surface area contributed by atoms with Crippen LogP contribution in [0.15, 0.2) is 42.5 Å². The molecule has 6 nitrogen and oxygen atoms in total. The van der Waals surface area contributed by atoms with Crippen LogP contribution < -0.4 is 5.32 Å². The Morgan fingerprint density at radius 1 is 1.00 bits per heavy atom. The smallest absolute Gasteiger partial charge is 0.322 e. The molecule has 3 amide bonds. The fraction of sp³-hybridized carbons (Fsp3) is 0.417. The number of rotatable bonds is 3. The number of aliphatic hydroxyl groups is 1. The Kier molecular flexibility index (Phi) is 5.71. The van der Waals surface area contributed by atoms with Gasteiger partial charge in [0.25, 0.3) is 5.91 Å². The topological polar surface area (TPSA) is 72.9 Å². The van der Waals surface area contributed by atoms with E-state index in [1.165, 1.54) is 31.5 Å². The number of fused-ring (bicyclic) bond motifs is 1. The number of piperidine rings is 1. The Hall–Kier alpha value is -2.93. The molecule has 0 radical (unpaired) electrons. The Bertz CT molecular complexity index is 977. The number of nitrogens with zero attached hydrogens (tertiary/aromatic N) is 2. The van der Waals surface area contributed by atoms with Gasteiger partial charge in [-0.2, -0.15) is 0 Å². The zero-order valence-corrected chi connectivity index (χ0v) is 17.9. The van der Waals surface area contributed by atoms with Gasteiger partial charge in [0.05, 0.1) is 0 Å². The van der Waals surface area contributed by atoms with E-state index in [4.69, 9.17) is 0 Å². The Morgan fingerprint density at radius 2 is 1.65 bits per heavy atom. The molecule has 31 heavy (non-hydrogen) atoms. The first-order chi connectivity index (χ1) is 14.7. The summed E-state index contributed by atoms with van der Waals surface area (Å²) in [7, 11) is 0. The normalized spacial score (nSPS) is 16.9. The van der Waals surface area contributed by atoms with Crippen molar-refractivity contribution in [3.05, 3.63) is 65.0 Å². The Balaban J connectivity index is 1.31. The lowest BCUT2D eigenvalue weighted by Crippen LogP contribution is -2.48. The van der Waals surface area contributed by atoms with Gasteiger partial charge in [0.1, 0.15) is 11.4 Å². The average molecular weight is 426 g/mol. The van der Waals surface area contributed by atoms with Crippen LogP contribution in [0.2, 0.25) is 0 Å². The lowest BCUT2D eigenvalue weighted by molar-refractivity contribution is -0.148. The van der Waals surface area contributed by atoms with Crippen molar-refractivity contribution in [3.8, 4) is 0 Å². The predicted molar refractivity (Wildman–Crippen MR) is 116 cm³/mol. The van der Waals surface area contributed by atoms with Crippen molar-refractivity contribution in [2.45, 2.75) is 51.3 Å². The fourth-order valence-corrected chi connectivity index (χ4v) is 4.35. The lowest BCUT2D eigenvalue weighted by Gasteiger charge is -2.35. The van der Waals surface area contributed by atoms with E-state index in [2.05, 4.69) is 5.32 Å². The number of amides is 3. The van der Waals surface area contributed by atoms with Crippen LogP contribution in [0.5, 0.6) is 0 Å². The van der Waals surface area contributed by atoms with Crippen LogP contribution in [-0.2, 0) is 17.9 Å². The summed E-state index contributed by atoms with van der Waals surface area (Å²) in [5.41, 5.74) is 2.38. The van der Waals surface area contributed by atoms with E-state index in [1.54, 1.807) is 15.9 Å². The molecule has 0 aliphatic carbocycles. The van der Waals surface area contributed by atoms with Gasteiger partial charge < -0.3 is 20.2 Å². The maximum absolute atomic E-state index is 13.4. The van der Waals surface area contributed by atoms with Crippen LogP contribution in [0, 0.1) is 5.82 Å². The predicted octanol–water partition coefficient (Wildman–Crippen LogP) is 3.85. The number of anilines is 1. The summed E-state index contributed by atoms with van der Waals surface area (Å²) in [6, 6.07) is 12.2. The van der Waals surface area contributed by atoms with Gasteiger partial charge in [0.2, 0.25) is 0 Å². The van der Waals surface area contributed by atoms with Crippen LogP contribution in [-0.4, -0.2) is 45.5 Å². The first-order valence-electron chi connectivity index (χ1n) is 10.7. The maximum Gasteiger partial charge on any atom is 0.322 e. The van der Waals surface area contributed by atoms with Gasteiger partial charge in [-0.25, -0.2) is 9.18 Å². The molecule has 0 saturated carbocycles. The van der Waals surface area contributed by atoms with Gasteiger partial charge in [0, 0.05) is 31.9 Å². The van der Waals surface area contributed by atoms with E-state index in [-0.39, 0.29) is 17.8 Å². The number of nitrogens with one attached hydrogen (secondary N) is 1. The van der Waals surface area contributed by atoms with Crippen molar-refractivity contribution in [2.24, 2.45) is 0 Å². The molecule has 4 rings (SSSR count). The van der Waals surface area contributed by atoms with Crippen LogP contribution in [0.3, 0.4) is 0 Å². The number of likely N-dealkylation sites (tertiary alicyclic amines) is 1. The quantitative estimate of drug-likeness (QED) is 0.785. The first-order valence-corrected chi connectivity index (χ1v) is 10.7. The third-order valence-electron chi connectivity index (χ3n) is 6.12. The van der Waals surface area contributed by atoms with Gasteiger partial charge >= 0.3 is 6.03 Å². The van der Waals surface area contributed by atoms with Crippen molar-refractivity contribution < 1.29 is 19.1 Å². The first kappa shape index (κ1) is 21.3. The number of carbonyl (C=O) groups excluding carboxylic acids is 2. The highest BCUT2D eigenvalue weighted by Gasteiger charge is 2.32. The van der Waals surface area contributed by atoms with E-state index in [1.807, 2.05) is 24.3 Å². The van der Waals surface area contributed by atoms with E-state index in [0.29, 0.717) is 37.8 Å². The molecule has 0 atom stereocenters. The lowest BCUT2D eigenvalue weighted by atomic mass is 9.89. The third kappa shape index (κ3) is 4.71. The second-order valence-electron chi connectivity index (χ2n) is 8.95. The molecule has 164 valence electrons. The zero-order valence-electron chi connectivity index (χ0n) is 17.9. The fourth-order valence-electron chi connectivity index (χ4n) is 4.35. The molecule has 2 aromatic rings. The van der Waals surface area contributed by atoms with Gasteiger partial charge in [-0.15, -0.1) is 0 Å². The molecular formula is C24H28FN3O3. The largest absolute Gasteiger partial charge is 0.381 e. The third-order valence-corrected chi connectivity index (χ3v) is 6.12. The highest BCUT2D eigenvalue weighted by molar-refractivity contribution is 5.89. The number of hydrogen-bond donors (Lipinski definition) is 2. The number of benzene rings is 2. The average Bonchev–Trinajstić information content (AvgIpc) is 3.17. The van der Waals surface area contributed by atoms with E-state index < -0.39 is 5.60 Å². The summed E-state index contributed by atoms with van der Waals surface area (Å²) in [5, 5.41) is 12.8. The molecule has 2 N–H and O–H groups in total. The molecular weight excluding hydrogens is 397 g/mol. The Labute approximate surface area is 181 Å². The molecule has 1 saturated heterocycles. The van der Waals surface area contributed by atoms with Crippen molar-refractivity contribution in [3.63, 3.8) is 0 Å². The van der Waals surface area contributed by atoms with Gasteiger partial charge in [-0.1, -0.05) is 18.2 Å². The molecule has 0 bridgehead atoms. The molecule has 2 aliphatic rings. The SMILES string of the molecule is CC(C)(O)C(=O)N1CCC(c2ccc(NC(=O)N3Cc4ccc(F)cc4C3)cc2)CC1. The monoisotopic (exact) mass is 425 g/mol. The number of hydrogen-bond acceptors (Lipinski definition) is 3. The molecule has 2 aliphatic heterocycles. The highest BCUT2D eigenvalue weighted by atomic mass is 19.1. The zero-order chi connectivity index (χ0) is 22.2. The highest BCUT2D eigenvalue weighted by Crippen LogP contribution is 2.30. The minimum absolute atomic E-state index is 0.206. The van der Waals surface area contributed by atoms with Crippen molar-refractivity contribution in [1.82, 2.24) is 9.80 Å². The van der Waals surface area contributed by atoms with Crippen LogP contribution >= 0.6 is 0 Å². The van der Waals surface area contributed by atoms with Gasteiger partial charge in [0.15, 0.2) is 0 Å². The molecule has 2 aromatic carbocycles. The van der Waals surface area contributed by atoms with Crippen molar-refractivity contribution in [2.75, 3.05) is 18.4 Å². The minimum atomic E-state index is -1.34.